The summed E-state index contributed by atoms with van der Waals surface area (Å²) in [5.41, 5.74) is 0.745. The van der Waals surface area contributed by atoms with Gasteiger partial charge in [0.1, 0.15) is 5.75 Å². The molecule has 0 unspecified atom stereocenters. The van der Waals surface area contributed by atoms with Gasteiger partial charge in [0, 0.05) is 6.08 Å². The fourth-order valence-electron chi connectivity index (χ4n) is 0.933. The molecule has 1 rings (SSSR count). The smallest absolute Gasteiger partial charge is 0.235 e. The Morgan fingerprint density at radius 1 is 1.57 bits per heavy atom. The monoisotopic (exact) mass is 257 g/mol. The van der Waals surface area contributed by atoms with Crippen molar-refractivity contribution >= 4 is 22.0 Å². The fourth-order valence-corrected chi connectivity index (χ4v) is 1.49. The van der Waals surface area contributed by atoms with Gasteiger partial charge in [0.25, 0.3) is 0 Å². The first kappa shape index (κ1) is 10.7. The Bertz CT molecular complexity index is 376. The molecule has 0 heterocycles. The van der Waals surface area contributed by atoms with E-state index in [1.165, 1.54) is 6.08 Å². The zero-order valence-corrected chi connectivity index (χ0v) is 9.02. The van der Waals surface area contributed by atoms with E-state index >= 15 is 0 Å². The fraction of sp³-hybridized carbons (Fsp3) is 0.111. The van der Waals surface area contributed by atoms with E-state index < -0.39 is 4.92 Å². The highest BCUT2D eigenvalue weighted by Crippen LogP contribution is 2.25. The number of halogens is 1. The molecule has 0 fully saturated rings. The molecule has 4 nitrogen and oxygen atoms in total. The third kappa shape index (κ3) is 2.85. The molecule has 0 saturated carbocycles. The number of hydrogen-bond donors (Lipinski definition) is 0. The normalized spacial score (nSPS) is 10.4. The Morgan fingerprint density at radius 2 is 2.29 bits per heavy atom. The third-order valence-corrected chi connectivity index (χ3v) is 2.18. The molecule has 0 atom stereocenters. The molecule has 14 heavy (non-hydrogen) atoms. The van der Waals surface area contributed by atoms with Crippen LogP contribution >= 0.6 is 15.9 Å². The number of hydrogen-bond acceptors (Lipinski definition) is 3. The lowest BCUT2D eigenvalue weighted by Gasteiger charge is -2.02. The van der Waals surface area contributed by atoms with E-state index in [2.05, 4.69) is 15.9 Å². The summed E-state index contributed by atoms with van der Waals surface area (Å²) in [7, 11) is 1.56. The van der Waals surface area contributed by atoms with E-state index in [4.69, 9.17) is 4.74 Å². The van der Waals surface area contributed by atoms with E-state index in [1.807, 2.05) is 0 Å². The summed E-state index contributed by atoms with van der Waals surface area (Å²) < 4.78 is 5.79. The molecular formula is C9H8BrNO3. The molecule has 0 N–H and O–H groups in total. The maximum atomic E-state index is 10.1. The first-order valence-corrected chi connectivity index (χ1v) is 4.58. The number of rotatable bonds is 3. The van der Waals surface area contributed by atoms with Crippen molar-refractivity contribution in [3.63, 3.8) is 0 Å². The van der Waals surface area contributed by atoms with E-state index in [1.54, 1.807) is 25.3 Å². The highest BCUT2D eigenvalue weighted by atomic mass is 79.9. The standard InChI is InChI=1S/C9H8BrNO3/c1-14-9-3-2-7(6-8(9)10)4-5-11(12)13/h2-6H,1H3. The van der Waals surface area contributed by atoms with Crippen LogP contribution < -0.4 is 4.74 Å². The van der Waals surface area contributed by atoms with Crippen molar-refractivity contribution in [2.75, 3.05) is 7.11 Å². The van der Waals surface area contributed by atoms with Gasteiger partial charge in [0.2, 0.25) is 6.20 Å². The average Bonchev–Trinajstić information content (AvgIpc) is 2.15. The molecule has 74 valence electrons. The van der Waals surface area contributed by atoms with Crippen LogP contribution in [0, 0.1) is 10.1 Å². The van der Waals surface area contributed by atoms with E-state index in [0.717, 1.165) is 16.2 Å². The predicted molar refractivity (Wildman–Crippen MR) is 56.7 cm³/mol. The number of ether oxygens (including phenoxy) is 1. The second-order valence-corrected chi connectivity index (χ2v) is 3.35. The van der Waals surface area contributed by atoms with Crippen molar-refractivity contribution in [1.82, 2.24) is 0 Å². The minimum atomic E-state index is -0.502. The molecule has 0 spiro atoms. The highest BCUT2D eigenvalue weighted by molar-refractivity contribution is 9.10. The molecule has 5 heteroatoms. The van der Waals surface area contributed by atoms with Crippen LogP contribution in [-0.2, 0) is 0 Å². The largest absolute Gasteiger partial charge is 0.496 e. The van der Waals surface area contributed by atoms with Crippen LogP contribution in [0.4, 0.5) is 0 Å². The number of nitro groups is 1. The van der Waals surface area contributed by atoms with Crippen molar-refractivity contribution in [3.05, 3.63) is 44.5 Å². The van der Waals surface area contributed by atoms with Gasteiger partial charge in [-0.3, -0.25) is 10.1 Å². The summed E-state index contributed by atoms with van der Waals surface area (Å²) in [6, 6.07) is 5.23. The second-order valence-electron chi connectivity index (χ2n) is 2.50. The molecule has 0 aromatic heterocycles. The van der Waals surface area contributed by atoms with E-state index in [0.29, 0.717) is 5.75 Å². The van der Waals surface area contributed by atoms with Gasteiger partial charge in [-0.05, 0) is 33.6 Å². The first-order valence-electron chi connectivity index (χ1n) is 3.78. The van der Waals surface area contributed by atoms with Crippen LogP contribution in [0.3, 0.4) is 0 Å². The summed E-state index contributed by atoms with van der Waals surface area (Å²) in [5.74, 6) is 0.697. The Balaban J connectivity index is 2.91. The lowest BCUT2D eigenvalue weighted by molar-refractivity contribution is -0.400. The van der Waals surface area contributed by atoms with Crippen LogP contribution in [-0.4, -0.2) is 12.0 Å². The van der Waals surface area contributed by atoms with Crippen LogP contribution in [0.15, 0.2) is 28.9 Å². The molecule has 0 saturated heterocycles. The molecule has 0 aliphatic heterocycles. The van der Waals surface area contributed by atoms with Gasteiger partial charge in [-0.15, -0.1) is 0 Å². The van der Waals surface area contributed by atoms with Crippen LogP contribution in [0.2, 0.25) is 0 Å². The molecule has 0 aliphatic carbocycles. The van der Waals surface area contributed by atoms with Crippen LogP contribution in [0.25, 0.3) is 6.08 Å². The minimum Gasteiger partial charge on any atom is -0.496 e. The minimum absolute atomic E-state index is 0.502. The topological polar surface area (TPSA) is 52.4 Å². The first-order chi connectivity index (χ1) is 6.63. The summed E-state index contributed by atoms with van der Waals surface area (Å²) in [5, 5.41) is 10.1. The lowest BCUT2D eigenvalue weighted by Crippen LogP contribution is -1.85. The third-order valence-electron chi connectivity index (χ3n) is 1.56. The Labute approximate surface area is 89.5 Å². The maximum absolute atomic E-state index is 10.1. The highest BCUT2D eigenvalue weighted by Gasteiger charge is 1.99. The number of methoxy groups -OCH3 is 1. The Hall–Kier alpha value is -1.36. The maximum Gasteiger partial charge on any atom is 0.235 e. The van der Waals surface area contributed by atoms with Crippen molar-refractivity contribution in [3.8, 4) is 5.75 Å². The van der Waals surface area contributed by atoms with Crippen molar-refractivity contribution < 1.29 is 9.66 Å². The summed E-state index contributed by atoms with van der Waals surface area (Å²) in [6.07, 6.45) is 2.32. The number of benzene rings is 1. The molecule has 0 bridgehead atoms. The zero-order chi connectivity index (χ0) is 10.6. The van der Waals surface area contributed by atoms with Gasteiger partial charge >= 0.3 is 0 Å². The second kappa shape index (κ2) is 4.76. The Morgan fingerprint density at radius 3 is 2.79 bits per heavy atom. The van der Waals surface area contributed by atoms with Gasteiger partial charge < -0.3 is 4.74 Å². The van der Waals surface area contributed by atoms with Gasteiger partial charge in [0.15, 0.2) is 0 Å². The molecule has 0 radical (unpaired) electrons. The van der Waals surface area contributed by atoms with Crippen molar-refractivity contribution in [2.24, 2.45) is 0 Å². The SMILES string of the molecule is COc1ccc(C=C[N+](=O)[O-])cc1Br. The molecule has 0 amide bonds. The lowest BCUT2D eigenvalue weighted by atomic mass is 10.2. The van der Waals surface area contributed by atoms with Crippen molar-refractivity contribution in [1.29, 1.82) is 0 Å². The Kier molecular flexibility index (Phi) is 3.64. The van der Waals surface area contributed by atoms with Gasteiger partial charge in [-0.2, -0.15) is 0 Å². The summed E-state index contributed by atoms with van der Waals surface area (Å²) in [4.78, 5) is 9.56. The van der Waals surface area contributed by atoms with E-state index in [9.17, 15) is 10.1 Å². The quantitative estimate of drug-likeness (QED) is 0.618. The molecule has 0 aliphatic rings. The summed E-state index contributed by atoms with van der Waals surface area (Å²) >= 11 is 3.29. The van der Waals surface area contributed by atoms with Gasteiger partial charge in [-0.25, -0.2) is 0 Å². The zero-order valence-electron chi connectivity index (χ0n) is 7.44. The van der Waals surface area contributed by atoms with Crippen LogP contribution in [0.5, 0.6) is 5.75 Å². The average molecular weight is 258 g/mol. The van der Waals surface area contributed by atoms with E-state index in [-0.39, 0.29) is 0 Å². The molecule has 1 aromatic rings. The van der Waals surface area contributed by atoms with Gasteiger partial charge in [0.05, 0.1) is 16.5 Å². The summed E-state index contributed by atoms with van der Waals surface area (Å²) in [6.45, 7) is 0. The molecule has 1 aromatic carbocycles. The van der Waals surface area contributed by atoms with Crippen molar-refractivity contribution in [2.45, 2.75) is 0 Å². The number of nitrogens with zero attached hydrogens (tertiary/aromatic N) is 1. The van der Waals surface area contributed by atoms with Crippen LogP contribution in [0.1, 0.15) is 5.56 Å². The van der Waals surface area contributed by atoms with Gasteiger partial charge in [-0.1, -0.05) is 6.07 Å². The predicted octanol–water partition coefficient (Wildman–Crippen LogP) is 2.71. The molecular weight excluding hydrogens is 250 g/mol.